The molecule has 1 aromatic rings. The predicted molar refractivity (Wildman–Crippen MR) is 140 cm³/mol. The first-order valence-electron chi connectivity index (χ1n) is 13.6. The van der Waals surface area contributed by atoms with E-state index >= 15 is 0 Å². The average Bonchev–Trinajstić information content (AvgIpc) is 3.20. The minimum Gasteiger partial charge on any atom is -0.496 e. The lowest BCUT2D eigenvalue weighted by Gasteiger charge is -2.46. The van der Waals surface area contributed by atoms with E-state index in [1.54, 1.807) is 7.11 Å². The highest BCUT2D eigenvalue weighted by atomic mass is 16.5. The van der Waals surface area contributed by atoms with Crippen LogP contribution in [0.1, 0.15) is 52.1 Å². The number of amides is 2. The Kier molecular flexibility index (Phi) is 7.55. The summed E-state index contributed by atoms with van der Waals surface area (Å²) in [5.74, 6) is 1.24. The fourth-order valence-electron chi connectivity index (χ4n) is 6.71. The lowest BCUT2D eigenvalue weighted by Crippen LogP contribution is -2.67. The fourth-order valence-corrected chi connectivity index (χ4v) is 6.71. The van der Waals surface area contributed by atoms with Crippen LogP contribution in [0.3, 0.4) is 0 Å². The molecule has 3 aliphatic heterocycles. The number of likely N-dealkylation sites (tertiary alicyclic amines) is 1. The number of carbonyl (C=O) groups is 2. The Morgan fingerprint density at radius 3 is 2.53 bits per heavy atom. The first kappa shape index (κ1) is 27.0. The van der Waals surface area contributed by atoms with Gasteiger partial charge in [-0.05, 0) is 39.2 Å². The zero-order valence-electron chi connectivity index (χ0n) is 23.4. The molecule has 3 fully saturated rings. The van der Waals surface area contributed by atoms with Gasteiger partial charge in [0.1, 0.15) is 11.8 Å². The Morgan fingerprint density at radius 1 is 1.17 bits per heavy atom. The first-order chi connectivity index (χ1) is 16.9. The Balaban J connectivity index is 1.57. The van der Waals surface area contributed by atoms with E-state index in [-0.39, 0.29) is 47.7 Å². The van der Waals surface area contributed by atoms with Crippen molar-refractivity contribution in [3.63, 3.8) is 0 Å². The molecule has 1 aromatic carbocycles. The quantitative estimate of drug-likeness (QED) is 0.522. The molecule has 0 radical (unpaired) electrons. The number of quaternary nitrogens is 2. The number of hydrogen-bond donors (Lipinski definition) is 3. The van der Waals surface area contributed by atoms with Gasteiger partial charge in [0, 0.05) is 24.6 Å². The molecule has 8 heteroatoms. The predicted octanol–water partition coefficient (Wildman–Crippen LogP) is 2.43. The lowest BCUT2D eigenvalue weighted by atomic mass is 9.77. The van der Waals surface area contributed by atoms with E-state index in [1.165, 1.54) is 0 Å². The summed E-state index contributed by atoms with van der Waals surface area (Å²) >= 11 is 0. The number of para-hydroxylation sites is 1. The van der Waals surface area contributed by atoms with Crippen LogP contribution in [0, 0.1) is 23.7 Å². The first-order valence-corrected chi connectivity index (χ1v) is 13.6. The van der Waals surface area contributed by atoms with Crippen molar-refractivity contribution in [1.82, 2.24) is 16.1 Å². The van der Waals surface area contributed by atoms with Crippen LogP contribution in [0.5, 0.6) is 5.75 Å². The second-order valence-corrected chi connectivity index (χ2v) is 12.3. The molecule has 36 heavy (non-hydrogen) atoms. The Morgan fingerprint density at radius 2 is 1.86 bits per heavy atom. The third-order valence-corrected chi connectivity index (χ3v) is 9.84. The summed E-state index contributed by atoms with van der Waals surface area (Å²) in [6.07, 6.45) is 1.78. The number of methoxy groups -OCH3 is 1. The minimum absolute atomic E-state index is 0.000866. The minimum atomic E-state index is -0.159. The summed E-state index contributed by atoms with van der Waals surface area (Å²) in [4.78, 5) is 27.1. The van der Waals surface area contributed by atoms with Crippen LogP contribution in [0.25, 0.3) is 0 Å². The molecule has 2 amide bonds. The fraction of sp³-hybridized carbons (Fsp3) is 0.714. The molecular weight excluding hydrogens is 454 g/mol. The van der Waals surface area contributed by atoms with Crippen LogP contribution in [-0.2, 0) is 9.59 Å². The summed E-state index contributed by atoms with van der Waals surface area (Å²) in [6, 6.07) is 8.72. The van der Waals surface area contributed by atoms with Crippen LogP contribution in [0.4, 0.5) is 0 Å². The van der Waals surface area contributed by atoms with Gasteiger partial charge in [-0.3, -0.25) is 14.6 Å². The van der Waals surface area contributed by atoms with E-state index in [0.29, 0.717) is 34.1 Å². The molecular formula is C28H47N5O3+2. The zero-order valence-corrected chi connectivity index (χ0v) is 23.4. The summed E-state index contributed by atoms with van der Waals surface area (Å²) in [5, 5.41) is 7.13. The molecule has 3 N–H and O–H groups in total. The number of nitrogens with zero attached hydrogens (tertiary/aromatic N) is 2. The van der Waals surface area contributed by atoms with Gasteiger partial charge < -0.3 is 10.1 Å². The molecule has 4 rings (SSSR count). The SMILES string of the molecule is COc1ccccc1C1CC(C(=O)NCC2C(=O)[N+](C)(C)C(C)CC2C)C2CN[N+](C)(C(C)C)C2N1. The van der Waals surface area contributed by atoms with E-state index in [0.717, 1.165) is 24.3 Å². The van der Waals surface area contributed by atoms with Crippen molar-refractivity contribution in [1.29, 1.82) is 0 Å². The summed E-state index contributed by atoms with van der Waals surface area (Å²) in [7, 11) is 7.91. The van der Waals surface area contributed by atoms with Gasteiger partial charge in [-0.15, -0.1) is 0 Å². The monoisotopic (exact) mass is 501 g/mol. The Hall–Kier alpha value is -2.00. The maximum atomic E-state index is 13.8. The molecule has 0 aromatic heterocycles. The van der Waals surface area contributed by atoms with E-state index in [1.807, 2.05) is 32.3 Å². The molecule has 0 bridgehead atoms. The standard InChI is InChI=1S/C28H46N5O3/c1-17(2)33(7)26-23(16-30-33)21(14-24(31-26)20-11-9-10-12-25(20)36-8)27(34)29-15-22-18(3)13-19(4)32(5,6)28(22)35/h9-12,17-19,21-24,26,30-31H,13-16H2,1-8H3/q+1/p+1. The van der Waals surface area contributed by atoms with Gasteiger partial charge in [-0.1, -0.05) is 25.1 Å². The molecule has 3 heterocycles. The molecule has 8 atom stereocenters. The van der Waals surface area contributed by atoms with Gasteiger partial charge in [0.05, 0.1) is 58.6 Å². The van der Waals surface area contributed by atoms with Gasteiger partial charge >= 0.3 is 5.91 Å². The number of fused-ring (bicyclic) bond motifs is 1. The van der Waals surface area contributed by atoms with E-state index < -0.39 is 0 Å². The van der Waals surface area contributed by atoms with Crippen LogP contribution in [0.15, 0.2) is 24.3 Å². The number of nitrogens with one attached hydrogen (secondary N) is 3. The summed E-state index contributed by atoms with van der Waals surface area (Å²) in [6.45, 7) is 9.93. The third kappa shape index (κ3) is 4.57. The van der Waals surface area contributed by atoms with Crippen LogP contribution in [0.2, 0.25) is 0 Å². The van der Waals surface area contributed by atoms with Gasteiger partial charge in [-0.2, -0.15) is 5.43 Å². The number of carbonyl (C=O) groups excluding carboxylic acids is 2. The topological polar surface area (TPSA) is 79.5 Å². The average molecular weight is 502 g/mol. The van der Waals surface area contributed by atoms with Crippen LogP contribution in [-0.4, -0.2) is 80.5 Å². The van der Waals surface area contributed by atoms with E-state index in [4.69, 9.17) is 4.74 Å². The molecule has 0 spiro atoms. The van der Waals surface area contributed by atoms with Gasteiger partial charge in [-0.25, -0.2) is 9.39 Å². The van der Waals surface area contributed by atoms with Crippen molar-refractivity contribution in [2.75, 3.05) is 41.3 Å². The molecule has 0 saturated carbocycles. The van der Waals surface area contributed by atoms with Crippen molar-refractivity contribution in [3.8, 4) is 5.75 Å². The maximum absolute atomic E-state index is 13.8. The van der Waals surface area contributed by atoms with Gasteiger partial charge in [0.2, 0.25) is 5.91 Å². The molecule has 200 valence electrons. The lowest BCUT2D eigenvalue weighted by molar-refractivity contribution is -0.985. The number of benzene rings is 1. The van der Waals surface area contributed by atoms with Crippen molar-refractivity contribution < 1.29 is 23.4 Å². The highest BCUT2D eigenvalue weighted by Crippen LogP contribution is 2.42. The van der Waals surface area contributed by atoms with Crippen LogP contribution < -0.4 is 20.8 Å². The smallest absolute Gasteiger partial charge is 0.318 e. The van der Waals surface area contributed by atoms with Gasteiger partial charge in [0.15, 0.2) is 6.17 Å². The number of rotatable bonds is 6. The van der Waals surface area contributed by atoms with E-state index in [2.05, 4.69) is 56.9 Å². The van der Waals surface area contributed by atoms with E-state index in [9.17, 15) is 9.59 Å². The van der Waals surface area contributed by atoms with Crippen molar-refractivity contribution in [2.24, 2.45) is 23.7 Å². The summed E-state index contributed by atoms with van der Waals surface area (Å²) in [5.41, 5.74) is 4.79. The zero-order chi connectivity index (χ0) is 26.4. The molecule has 0 aliphatic carbocycles. The second kappa shape index (κ2) is 10.0. The largest absolute Gasteiger partial charge is 0.496 e. The third-order valence-electron chi connectivity index (χ3n) is 9.84. The van der Waals surface area contributed by atoms with Crippen molar-refractivity contribution in [3.05, 3.63) is 29.8 Å². The Labute approximate surface area is 216 Å². The van der Waals surface area contributed by atoms with Crippen LogP contribution >= 0.6 is 0 Å². The van der Waals surface area contributed by atoms with Crippen molar-refractivity contribution in [2.45, 2.75) is 64.8 Å². The maximum Gasteiger partial charge on any atom is 0.318 e. The Bertz CT molecular complexity index is 982. The number of hydrogen-bond acceptors (Lipinski definition) is 5. The second-order valence-electron chi connectivity index (χ2n) is 12.3. The molecule has 8 nitrogen and oxygen atoms in total. The molecule has 3 aliphatic rings. The normalized spacial score (nSPS) is 38.0. The highest BCUT2D eigenvalue weighted by Gasteiger charge is 2.56. The summed E-state index contributed by atoms with van der Waals surface area (Å²) < 4.78 is 6.73. The van der Waals surface area contributed by atoms with Gasteiger partial charge in [0.25, 0.3) is 0 Å². The number of piperidine rings is 2. The van der Waals surface area contributed by atoms with Crippen molar-refractivity contribution >= 4 is 11.8 Å². The highest BCUT2D eigenvalue weighted by molar-refractivity contribution is 5.80. The number of ether oxygens (including phenoxy) is 1. The molecule has 8 unspecified atom stereocenters. The molecule has 3 saturated heterocycles.